The third-order valence-corrected chi connectivity index (χ3v) is 5.84. The molecule has 1 atom stereocenters. The van der Waals surface area contributed by atoms with E-state index in [4.69, 9.17) is 0 Å². The van der Waals surface area contributed by atoms with Gasteiger partial charge >= 0.3 is 0 Å². The summed E-state index contributed by atoms with van der Waals surface area (Å²) < 4.78 is 0. The molecule has 1 aromatic carbocycles. The van der Waals surface area contributed by atoms with Crippen molar-refractivity contribution in [2.75, 3.05) is 17.2 Å². The number of piperidine rings is 1. The molecule has 0 N–H and O–H groups in total. The number of rotatable bonds is 3. The van der Waals surface area contributed by atoms with E-state index in [9.17, 15) is 14.4 Å². The minimum atomic E-state index is -0.585. The maximum Gasteiger partial charge on any atom is 0.256 e. The van der Waals surface area contributed by atoms with Gasteiger partial charge < -0.3 is 4.90 Å². The van der Waals surface area contributed by atoms with Crippen LogP contribution < -0.4 is 4.90 Å². The lowest BCUT2D eigenvalue weighted by atomic mass is 10.0. The summed E-state index contributed by atoms with van der Waals surface area (Å²) in [6.07, 6.45) is 3.95. The van der Waals surface area contributed by atoms with Crippen LogP contribution in [0.4, 0.5) is 5.69 Å². The number of aromatic nitrogens is 2. The molecule has 2 aliphatic rings. The normalized spacial score (nSPS) is 19.1. The van der Waals surface area contributed by atoms with Gasteiger partial charge in [0.15, 0.2) is 5.16 Å². The molecule has 28 heavy (non-hydrogen) atoms. The van der Waals surface area contributed by atoms with E-state index < -0.39 is 6.04 Å². The zero-order valence-electron chi connectivity index (χ0n) is 15.5. The van der Waals surface area contributed by atoms with Gasteiger partial charge in [0, 0.05) is 18.4 Å². The second kappa shape index (κ2) is 7.71. The van der Waals surface area contributed by atoms with Crippen molar-refractivity contribution in [3.8, 4) is 0 Å². The molecular formula is C20H20N4O3S. The number of anilines is 1. The molecule has 3 amide bonds. The first-order valence-electron chi connectivity index (χ1n) is 9.25. The zero-order valence-corrected chi connectivity index (χ0v) is 16.3. The highest BCUT2D eigenvalue weighted by Gasteiger charge is 2.42. The Labute approximate surface area is 167 Å². The van der Waals surface area contributed by atoms with Crippen LogP contribution in [-0.2, 0) is 9.59 Å². The SMILES string of the molecule is Cc1ccnc(SCC(=O)N2C(=O)[C@H]3CCCCN3C(=O)c3ccccc32)n1. The van der Waals surface area contributed by atoms with Crippen molar-refractivity contribution in [2.45, 2.75) is 37.4 Å². The minimum Gasteiger partial charge on any atom is -0.327 e. The fourth-order valence-electron chi connectivity index (χ4n) is 3.65. The van der Waals surface area contributed by atoms with Crippen molar-refractivity contribution >= 4 is 35.2 Å². The molecule has 1 saturated heterocycles. The number of hydrogen-bond donors (Lipinski definition) is 0. The Morgan fingerprint density at radius 1 is 1.21 bits per heavy atom. The summed E-state index contributed by atoms with van der Waals surface area (Å²) in [5, 5.41) is 0.485. The van der Waals surface area contributed by atoms with Crippen molar-refractivity contribution in [1.82, 2.24) is 14.9 Å². The number of carbonyl (C=O) groups is 3. The first-order chi connectivity index (χ1) is 13.6. The predicted octanol–water partition coefficient (Wildman–Crippen LogP) is 2.45. The monoisotopic (exact) mass is 396 g/mol. The molecular weight excluding hydrogens is 376 g/mol. The number of thioether (sulfide) groups is 1. The average molecular weight is 396 g/mol. The van der Waals surface area contributed by atoms with E-state index in [1.165, 1.54) is 16.7 Å². The molecule has 2 aliphatic heterocycles. The number of benzene rings is 1. The van der Waals surface area contributed by atoms with E-state index in [0.29, 0.717) is 29.4 Å². The summed E-state index contributed by atoms with van der Waals surface area (Å²) in [6.45, 7) is 2.39. The van der Waals surface area contributed by atoms with Crippen LogP contribution in [0.1, 0.15) is 35.3 Å². The quantitative estimate of drug-likeness (QED) is 0.585. The highest BCUT2D eigenvalue weighted by atomic mass is 32.2. The van der Waals surface area contributed by atoms with Crippen LogP contribution in [0, 0.1) is 6.92 Å². The van der Waals surface area contributed by atoms with Gasteiger partial charge in [0.2, 0.25) is 5.91 Å². The lowest BCUT2D eigenvalue weighted by Gasteiger charge is -2.33. The largest absolute Gasteiger partial charge is 0.327 e. The number of aryl methyl sites for hydroxylation is 1. The van der Waals surface area contributed by atoms with Crippen molar-refractivity contribution in [3.05, 3.63) is 47.8 Å². The fourth-order valence-corrected chi connectivity index (χ4v) is 4.37. The maximum atomic E-state index is 13.3. The third-order valence-electron chi connectivity index (χ3n) is 4.99. The molecule has 0 aliphatic carbocycles. The Morgan fingerprint density at radius 3 is 2.86 bits per heavy atom. The Balaban J connectivity index is 1.65. The van der Waals surface area contributed by atoms with Crippen molar-refractivity contribution < 1.29 is 14.4 Å². The van der Waals surface area contributed by atoms with E-state index in [0.717, 1.165) is 18.5 Å². The van der Waals surface area contributed by atoms with Gasteiger partial charge in [-0.1, -0.05) is 23.9 Å². The molecule has 3 heterocycles. The van der Waals surface area contributed by atoms with E-state index in [-0.39, 0.29) is 23.5 Å². The van der Waals surface area contributed by atoms with Crippen LogP contribution in [0.5, 0.6) is 0 Å². The molecule has 144 valence electrons. The Morgan fingerprint density at radius 2 is 2.04 bits per heavy atom. The van der Waals surface area contributed by atoms with Gasteiger partial charge in [-0.2, -0.15) is 0 Å². The Kier molecular flexibility index (Phi) is 5.13. The average Bonchev–Trinajstić information content (AvgIpc) is 2.80. The molecule has 0 saturated carbocycles. The van der Waals surface area contributed by atoms with Crippen LogP contribution in [0.15, 0.2) is 41.7 Å². The van der Waals surface area contributed by atoms with E-state index in [1.807, 2.05) is 6.92 Å². The molecule has 7 nitrogen and oxygen atoms in total. The van der Waals surface area contributed by atoms with Crippen LogP contribution in [0.3, 0.4) is 0 Å². The first kappa shape index (κ1) is 18.6. The predicted molar refractivity (Wildman–Crippen MR) is 105 cm³/mol. The smallest absolute Gasteiger partial charge is 0.256 e. The topological polar surface area (TPSA) is 83.5 Å². The number of fused-ring (bicyclic) bond motifs is 2. The first-order valence-corrected chi connectivity index (χ1v) is 10.2. The van der Waals surface area contributed by atoms with Crippen LogP contribution in [-0.4, -0.2) is 50.9 Å². The second-order valence-corrected chi connectivity index (χ2v) is 7.81. The number of hydrogen-bond acceptors (Lipinski definition) is 6. The van der Waals surface area contributed by atoms with Gasteiger partial charge in [-0.15, -0.1) is 0 Å². The van der Waals surface area contributed by atoms with Crippen LogP contribution in [0.2, 0.25) is 0 Å². The van der Waals surface area contributed by atoms with Crippen LogP contribution >= 0.6 is 11.8 Å². The van der Waals surface area contributed by atoms with Crippen molar-refractivity contribution in [1.29, 1.82) is 0 Å². The Bertz CT molecular complexity index is 949. The Hall–Kier alpha value is -2.74. The number of imide groups is 1. The number of nitrogens with zero attached hydrogens (tertiary/aromatic N) is 4. The molecule has 0 spiro atoms. The standard InChI is InChI=1S/C20H20N4O3S/c1-13-9-10-21-20(22-13)28-12-17(25)24-15-7-3-2-6-14(15)18(26)23-11-5-4-8-16(23)19(24)27/h2-3,6-7,9-10,16H,4-5,8,11-12H2,1H3/t16-/m1/s1. The van der Waals surface area contributed by atoms with E-state index in [1.54, 1.807) is 41.4 Å². The van der Waals surface area contributed by atoms with Gasteiger partial charge in [-0.3, -0.25) is 14.4 Å². The number of amides is 3. The lowest BCUT2D eigenvalue weighted by Crippen LogP contribution is -2.52. The van der Waals surface area contributed by atoms with Crippen LogP contribution in [0.25, 0.3) is 0 Å². The summed E-state index contributed by atoms with van der Waals surface area (Å²) in [5.41, 5.74) is 1.57. The molecule has 1 fully saturated rings. The summed E-state index contributed by atoms with van der Waals surface area (Å²) in [5.74, 6) is -0.857. The van der Waals surface area contributed by atoms with Gasteiger partial charge in [0.25, 0.3) is 11.8 Å². The maximum absolute atomic E-state index is 13.3. The second-order valence-electron chi connectivity index (χ2n) is 6.86. The summed E-state index contributed by atoms with van der Waals surface area (Å²) in [7, 11) is 0. The summed E-state index contributed by atoms with van der Waals surface area (Å²) in [6, 6.07) is 8.03. The molecule has 8 heteroatoms. The lowest BCUT2D eigenvalue weighted by molar-refractivity contribution is -0.128. The van der Waals surface area contributed by atoms with E-state index in [2.05, 4.69) is 9.97 Å². The fraction of sp³-hybridized carbons (Fsp3) is 0.350. The number of carbonyl (C=O) groups excluding carboxylic acids is 3. The summed E-state index contributed by atoms with van der Waals surface area (Å²) in [4.78, 5) is 50.6. The molecule has 4 rings (SSSR count). The molecule has 0 bridgehead atoms. The highest BCUT2D eigenvalue weighted by Crippen LogP contribution is 2.32. The van der Waals surface area contributed by atoms with Gasteiger partial charge in [0.05, 0.1) is 17.0 Å². The zero-order chi connectivity index (χ0) is 19.7. The van der Waals surface area contributed by atoms with Gasteiger partial charge in [0.1, 0.15) is 6.04 Å². The van der Waals surface area contributed by atoms with Gasteiger partial charge in [-0.05, 0) is 44.4 Å². The molecule has 0 unspecified atom stereocenters. The van der Waals surface area contributed by atoms with Crippen molar-refractivity contribution in [3.63, 3.8) is 0 Å². The summed E-state index contributed by atoms with van der Waals surface area (Å²) >= 11 is 1.19. The molecule has 0 radical (unpaired) electrons. The number of para-hydroxylation sites is 1. The highest BCUT2D eigenvalue weighted by molar-refractivity contribution is 7.99. The van der Waals surface area contributed by atoms with E-state index >= 15 is 0 Å². The van der Waals surface area contributed by atoms with Gasteiger partial charge in [-0.25, -0.2) is 14.9 Å². The minimum absolute atomic E-state index is 0.0183. The third kappa shape index (κ3) is 3.40. The molecule has 1 aromatic heterocycles. The molecule has 2 aromatic rings. The van der Waals surface area contributed by atoms with Crippen molar-refractivity contribution in [2.24, 2.45) is 0 Å².